The number of fused-ring (bicyclic) bond motifs is 4. The molecule has 166 valence electrons. The minimum atomic E-state index is -0.0321. The highest BCUT2D eigenvalue weighted by atomic mass is 32.2. The summed E-state index contributed by atoms with van der Waals surface area (Å²) in [6.07, 6.45) is 8.85. The molecule has 2 aliphatic heterocycles. The average molecular weight is 433 g/mol. The summed E-state index contributed by atoms with van der Waals surface area (Å²) < 4.78 is 7.92. The van der Waals surface area contributed by atoms with Crippen molar-refractivity contribution in [3.05, 3.63) is 34.2 Å². The Balaban J connectivity index is 1.27. The number of likely N-dealkylation sites (tertiary alicyclic amines) is 1. The zero-order chi connectivity index (χ0) is 20.9. The molecule has 3 aliphatic rings. The maximum absolute atomic E-state index is 12.6. The Kier molecular flexibility index (Phi) is 7.58. The summed E-state index contributed by atoms with van der Waals surface area (Å²) in [6, 6.07) is 5.64. The molecule has 0 amide bonds. The highest BCUT2D eigenvalue weighted by Gasteiger charge is 2.35. The minimum absolute atomic E-state index is 0.0321. The molecular weight excluding hydrogens is 396 g/mol. The number of nitrogens with zero attached hydrogens (tertiary/aromatic N) is 2. The molecule has 1 aromatic rings. The molecule has 0 radical (unpaired) electrons. The third-order valence-electron chi connectivity index (χ3n) is 6.94. The van der Waals surface area contributed by atoms with Crippen molar-refractivity contribution >= 4 is 17.7 Å². The van der Waals surface area contributed by atoms with Crippen LogP contribution in [-0.2, 0) is 16.1 Å². The number of unbranched alkanes of at least 4 members (excludes halogenated alkanes) is 1. The Morgan fingerprint density at radius 1 is 1.20 bits per heavy atom. The smallest absolute Gasteiger partial charge is 0.307 e. The highest BCUT2D eigenvalue weighted by molar-refractivity contribution is 7.99. The van der Waals surface area contributed by atoms with E-state index in [4.69, 9.17) is 4.74 Å². The van der Waals surface area contributed by atoms with Gasteiger partial charge in [0.25, 0.3) is 5.56 Å². The Labute approximate surface area is 184 Å². The van der Waals surface area contributed by atoms with Crippen LogP contribution in [0.1, 0.15) is 69.9 Å². The molecule has 1 saturated carbocycles. The molecule has 1 saturated heterocycles. The van der Waals surface area contributed by atoms with Crippen LogP contribution in [-0.4, -0.2) is 52.2 Å². The van der Waals surface area contributed by atoms with Crippen LogP contribution in [0.15, 0.2) is 23.0 Å². The molecule has 0 N–H and O–H groups in total. The number of thioether (sulfide) groups is 1. The fourth-order valence-corrected chi connectivity index (χ4v) is 6.92. The Hall–Kier alpha value is -1.27. The van der Waals surface area contributed by atoms with Gasteiger partial charge in [0.15, 0.2) is 0 Å². The first-order chi connectivity index (χ1) is 14.6. The zero-order valence-corrected chi connectivity index (χ0v) is 19.1. The fraction of sp³-hybridized carbons (Fsp3) is 0.750. The molecule has 4 atom stereocenters. The number of ether oxygens (including phenoxy) is 1. The lowest BCUT2D eigenvalue weighted by molar-refractivity contribution is -0.150. The molecular formula is C24H36N2O3S. The summed E-state index contributed by atoms with van der Waals surface area (Å²) in [7, 11) is 0. The third-order valence-corrected chi connectivity index (χ3v) is 8.43. The van der Waals surface area contributed by atoms with E-state index in [2.05, 4.69) is 17.9 Å². The molecule has 5 nitrogen and oxygen atoms in total. The number of hydrogen-bond acceptors (Lipinski definition) is 5. The molecule has 0 spiro atoms. The largest absolute Gasteiger partial charge is 0.461 e. The molecule has 1 aliphatic carbocycles. The standard InChI is InChI=1S/C24H36N2O3S/c1-2-3-13-30-22-9-5-4-8-21(22)29-24(28)11-12-25-15-18-14-19(17-25)20-7-6-10-23(27)26(20)16-18/h6-7,10,18-19,21-22H,2-5,8-9,11-17H2,1H3/t18-,19-,21+,22-/m0/s1. The van der Waals surface area contributed by atoms with Gasteiger partial charge in [0, 0.05) is 49.1 Å². The van der Waals surface area contributed by atoms with Gasteiger partial charge < -0.3 is 14.2 Å². The van der Waals surface area contributed by atoms with Gasteiger partial charge in [-0.15, -0.1) is 0 Å². The second-order valence-corrected chi connectivity index (χ2v) is 10.6. The van der Waals surface area contributed by atoms with Gasteiger partial charge in [-0.3, -0.25) is 9.59 Å². The van der Waals surface area contributed by atoms with Gasteiger partial charge in [0.1, 0.15) is 6.10 Å². The number of carbonyl (C=O) groups is 1. The monoisotopic (exact) mass is 432 g/mol. The molecule has 6 heteroatoms. The number of esters is 1. The SMILES string of the molecule is CCCCS[C@H]1CCCC[C@H]1OC(=O)CCN1C[C@@H]2C[C@@H](C1)c1cccc(=O)n1C2. The van der Waals surface area contributed by atoms with E-state index in [9.17, 15) is 9.59 Å². The summed E-state index contributed by atoms with van der Waals surface area (Å²) in [6.45, 7) is 5.72. The average Bonchev–Trinajstić information content (AvgIpc) is 2.74. The van der Waals surface area contributed by atoms with Gasteiger partial charge in [-0.1, -0.05) is 25.8 Å². The summed E-state index contributed by atoms with van der Waals surface area (Å²) >= 11 is 2.01. The molecule has 4 rings (SSSR count). The Morgan fingerprint density at radius 3 is 2.93 bits per heavy atom. The van der Waals surface area contributed by atoms with Crippen molar-refractivity contribution in [3.63, 3.8) is 0 Å². The van der Waals surface area contributed by atoms with E-state index < -0.39 is 0 Å². The maximum Gasteiger partial charge on any atom is 0.307 e. The predicted molar refractivity (Wildman–Crippen MR) is 122 cm³/mol. The van der Waals surface area contributed by atoms with E-state index in [0.29, 0.717) is 23.5 Å². The second-order valence-electron chi connectivity index (χ2n) is 9.28. The summed E-state index contributed by atoms with van der Waals surface area (Å²) in [5.74, 6) is 2.05. The quantitative estimate of drug-likeness (QED) is 0.458. The lowest BCUT2D eigenvalue weighted by Crippen LogP contribution is -2.47. The number of rotatable bonds is 8. The first-order valence-electron chi connectivity index (χ1n) is 11.9. The van der Waals surface area contributed by atoms with Crippen LogP contribution in [0.4, 0.5) is 0 Å². The first kappa shape index (κ1) is 21.9. The van der Waals surface area contributed by atoms with Crippen molar-refractivity contribution in [2.24, 2.45) is 5.92 Å². The second kappa shape index (κ2) is 10.4. The molecule has 30 heavy (non-hydrogen) atoms. The summed E-state index contributed by atoms with van der Waals surface area (Å²) in [4.78, 5) is 27.2. The number of piperidine rings is 1. The Bertz CT molecular complexity index is 780. The van der Waals surface area contributed by atoms with Crippen LogP contribution in [0, 0.1) is 5.92 Å². The minimum Gasteiger partial charge on any atom is -0.461 e. The molecule has 1 aromatic heterocycles. The van der Waals surface area contributed by atoms with Gasteiger partial charge in [-0.25, -0.2) is 0 Å². The van der Waals surface area contributed by atoms with Crippen LogP contribution < -0.4 is 5.56 Å². The predicted octanol–water partition coefficient (Wildman–Crippen LogP) is 4.05. The van der Waals surface area contributed by atoms with Gasteiger partial charge in [0.05, 0.1) is 6.42 Å². The lowest BCUT2D eigenvalue weighted by Gasteiger charge is -2.42. The third kappa shape index (κ3) is 5.31. The fourth-order valence-electron chi connectivity index (χ4n) is 5.42. The maximum atomic E-state index is 12.6. The molecule has 2 bridgehead atoms. The van der Waals surface area contributed by atoms with Gasteiger partial charge in [-0.05, 0) is 49.8 Å². The van der Waals surface area contributed by atoms with Crippen LogP contribution in [0.3, 0.4) is 0 Å². The summed E-state index contributed by atoms with van der Waals surface area (Å²) in [5.41, 5.74) is 1.29. The Morgan fingerprint density at radius 2 is 2.07 bits per heavy atom. The molecule has 0 aromatic carbocycles. The van der Waals surface area contributed by atoms with Crippen LogP contribution in [0.5, 0.6) is 0 Å². The van der Waals surface area contributed by atoms with E-state index in [-0.39, 0.29) is 17.6 Å². The van der Waals surface area contributed by atoms with Gasteiger partial charge in [0.2, 0.25) is 0 Å². The van der Waals surface area contributed by atoms with Crippen molar-refractivity contribution in [2.75, 3.05) is 25.4 Å². The topological polar surface area (TPSA) is 51.5 Å². The van der Waals surface area contributed by atoms with E-state index in [0.717, 1.165) is 39.0 Å². The highest BCUT2D eigenvalue weighted by Crippen LogP contribution is 2.35. The van der Waals surface area contributed by atoms with Crippen molar-refractivity contribution in [1.82, 2.24) is 9.47 Å². The van der Waals surface area contributed by atoms with Crippen molar-refractivity contribution in [3.8, 4) is 0 Å². The molecule has 2 fully saturated rings. The number of carbonyl (C=O) groups excluding carboxylic acids is 1. The van der Waals surface area contributed by atoms with Crippen LogP contribution in [0.2, 0.25) is 0 Å². The number of pyridine rings is 1. The normalized spacial score (nSPS) is 28.7. The zero-order valence-electron chi connectivity index (χ0n) is 18.3. The lowest BCUT2D eigenvalue weighted by atomic mass is 9.83. The molecule has 0 unspecified atom stereocenters. The van der Waals surface area contributed by atoms with E-state index in [1.807, 2.05) is 22.4 Å². The van der Waals surface area contributed by atoms with E-state index in [1.54, 1.807) is 6.07 Å². The number of hydrogen-bond donors (Lipinski definition) is 0. The van der Waals surface area contributed by atoms with E-state index >= 15 is 0 Å². The molecule has 3 heterocycles. The van der Waals surface area contributed by atoms with Crippen molar-refractivity contribution in [1.29, 1.82) is 0 Å². The summed E-state index contributed by atoms with van der Waals surface area (Å²) in [5, 5.41) is 0.485. The van der Waals surface area contributed by atoms with E-state index in [1.165, 1.54) is 43.6 Å². The van der Waals surface area contributed by atoms with Gasteiger partial charge >= 0.3 is 5.97 Å². The van der Waals surface area contributed by atoms with Crippen LogP contribution in [0.25, 0.3) is 0 Å². The van der Waals surface area contributed by atoms with Crippen LogP contribution >= 0.6 is 11.8 Å². The number of aromatic nitrogens is 1. The van der Waals surface area contributed by atoms with Crippen molar-refractivity contribution < 1.29 is 9.53 Å². The van der Waals surface area contributed by atoms with Gasteiger partial charge in [-0.2, -0.15) is 11.8 Å². The first-order valence-corrected chi connectivity index (χ1v) is 12.9. The van der Waals surface area contributed by atoms with Crippen molar-refractivity contribution in [2.45, 2.75) is 82.1 Å².